The molecule has 0 atom stereocenters. The van der Waals surface area contributed by atoms with Gasteiger partial charge in [0.15, 0.2) is 11.2 Å². The molecule has 0 radical (unpaired) electrons. The second kappa shape index (κ2) is 7.78. The van der Waals surface area contributed by atoms with Crippen LogP contribution in [0.15, 0.2) is 56.5 Å². The Kier molecular flexibility index (Phi) is 5.04. The number of hydrogen-bond donors (Lipinski definition) is 0. The van der Waals surface area contributed by atoms with Gasteiger partial charge >= 0.3 is 5.69 Å². The maximum Gasteiger partial charge on any atom is 0.332 e. The second-order valence-electron chi connectivity index (χ2n) is 8.45. The van der Waals surface area contributed by atoms with Crippen molar-refractivity contribution in [1.82, 2.24) is 18.7 Å². The van der Waals surface area contributed by atoms with Gasteiger partial charge in [-0.05, 0) is 61.2 Å². The lowest BCUT2D eigenvalue weighted by molar-refractivity contribution is 0.597. The molecule has 0 N–H and O–H groups in total. The topological polar surface area (TPSA) is 65.1 Å². The molecule has 2 aromatic carbocycles. The molecule has 1 aliphatic heterocycles. The number of benzene rings is 2. The zero-order valence-electron chi connectivity index (χ0n) is 18.3. The van der Waals surface area contributed by atoms with E-state index in [0.717, 1.165) is 28.7 Å². The van der Waals surface area contributed by atoms with Gasteiger partial charge in [0.25, 0.3) is 5.56 Å². The van der Waals surface area contributed by atoms with E-state index in [4.69, 9.17) is 4.98 Å². The van der Waals surface area contributed by atoms with Crippen molar-refractivity contribution < 1.29 is 0 Å². The fourth-order valence-corrected chi connectivity index (χ4v) is 4.79. The number of halogens is 1. The van der Waals surface area contributed by atoms with Crippen LogP contribution in [0.25, 0.3) is 11.2 Å². The highest BCUT2D eigenvalue weighted by Gasteiger charge is 2.27. The molecule has 4 aromatic rings. The summed E-state index contributed by atoms with van der Waals surface area (Å²) in [4.78, 5) is 33.5. The van der Waals surface area contributed by atoms with Gasteiger partial charge in [-0.2, -0.15) is 4.98 Å². The van der Waals surface area contributed by atoms with Gasteiger partial charge in [-0.15, -0.1) is 0 Å². The number of aryl methyl sites for hydroxylation is 4. The van der Waals surface area contributed by atoms with E-state index < -0.39 is 0 Å². The summed E-state index contributed by atoms with van der Waals surface area (Å²) in [6, 6.07) is 14.0. The Morgan fingerprint density at radius 2 is 1.69 bits per heavy atom. The van der Waals surface area contributed by atoms with Crippen LogP contribution in [0.2, 0.25) is 0 Å². The van der Waals surface area contributed by atoms with E-state index in [1.54, 1.807) is 7.05 Å². The molecule has 0 saturated carbocycles. The second-order valence-corrected chi connectivity index (χ2v) is 9.36. The molecule has 7 nitrogen and oxygen atoms in total. The number of imidazole rings is 1. The fraction of sp³-hybridized carbons (Fsp3) is 0.292. The predicted octanol–water partition coefficient (Wildman–Crippen LogP) is 3.87. The first-order valence-corrected chi connectivity index (χ1v) is 11.4. The summed E-state index contributed by atoms with van der Waals surface area (Å²) < 4.78 is 5.71. The molecule has 32 heavy (non-hydrogen) atoms. The van der Waals surface area contributed by atoms with Gasteiger partial charge in [0, 0.05) is 30.3 Å². The van der Waals surface area contributed by atoms with Gasteiger partial charge in [-0.25, -0.2) is 4.79 Å². The van der Waals surface area contributed by atoms with Crippen LogP contribution in [0.1, 0.15) is 23.1 Å². The van der Waals surface area contributed by atoms with E-state index in [1.165, 1.54) is 20.3 Å². The van der Waals surface area contributed by atoms with E-state index in [1.807, 2.05) is 28.8 Å². The van der Waals surface area contributed by atoms with Crippen molar-refractivity contribution in [2.45, 2.75) is 33.4 Å². The molecular formula is C24H24BrN5O2. The molecule has 3 heterocycles. The van der Waals surface area contributed by atoms with Gasteiger partial charge < -0.3 is 9.47 Å². The molecule has 5 rings (SSSR count). The van der Waals surface area contributed by atoms with Crippen molar-refractivity contribution in [3.05, 3.63) is 84.5 Å². The third-order valence-electron chi connectivity index (χ3n) is 5.99. The number of nitrogens with zero attached hydrogens (tertiary/aromatic N) is 5. The van der Waals surface area contributed by atoms with Crippen LogP contribution in [0.4, 0.5) is 11.6 Å². The van der Waals surface area contributed by atoms with E-state index in [-0.39, 0.29) is 17.8 Å². The molecule has 0 spiro atoms. The van der Waals surface area contributed by atoms with Crippen LogP contribution < -0.4 is 16.1 Å². The Hall–Kier alpha value is -3.13. The molecule has 0 unspecified atom stereocenters. The lowest BCUT2D eigenvalue weighted by Gasteiger charge is -2.29. The van der Waals surface area contributed by atoms with Gasteiger partial charge in [0.05, 0.1) is 6.54 Å². The molecule has 0 aliphatic carbocycles. The largest absolute Gasteiger partial charge is 0.332 e. The minimum Gasteiger partial charge on any atom is -0.312 e. The summed E-state index contributed by atoms with van der Waals surface area (Å²) in [5.41, 5.74) is 4.55. The third-order valence-corrected chi connectivity index (χ3v) is 6.52. The average molecular weight is 494 g/mol. The summed E-state index contributed by atoms with van der Waals surface area (Å²) in [7, 11) is 1.68. The lowest BCUT2D eigenvalue weighted by atomic mass is 10.1. The summed E-state index contributed by atoms with van der Waals surface area (Å²) in [6.07, 6.45) is 0.889. The van der Waals surface area contributed by atoms with Gasteiger partial charge in [0.1, 0.15) is 0 Å². The first-order valence-electron chi connectivity index (χ1n) is 10.6. The minimum absolute atomic E-state index is 0.218. The lowest BCUT2D eigenvalue weighted by Crippen LogP contribution is -2.40. The predicted molar refractivity (Wildman–Crippen MR) is 130 cm³/mol. The Labute approximate surface area is 193 Å². The maximum absolute atomic E-state index is 13.5. The normalized spacial score (nSPS) is 13.6. The Balaban J connectivity index is 1.70. The van der Waals surface area contributed by atoms with E-state index >= 15 is 0 Å². The highest BCUT2D eigenvalue weighted by molar-refractivity contribution is 9.10. The Morgan fingerprint density at radius 3 is 2.38 bits per heavy atom. The van der Waals surface area contributed by atoms with E-state index in [9.17, 15) is 9.59 Å². The number of hydrogen-bond acceptors (Lipinski definition) is 4. The zero-order chi connectivity index (χ0) is 22.6. The fourth-order valence-electron chi connectivity index (χ4n) is 4.53. The molecule has 0 saturated heterocycles. The molecule has 0 fully saturated rings. The van der Waals surface area contributed by atoms with Gasteiger partial charge in [-0.3, -0.25) is 13.9 Å². The first-order chi connectivity index (χ1) is 15.3. The highest BCUT2D eigenvalue weighted by Crippen LogP contribution is 2.32. The van der Waals surface area contributed by atoms with Crippen LogP contribution in [0, 0.1) is 13.8 Å². The van der Waals surface area contributed by atoms with Crippen molar-refractivity contribution in [2.75, 3.05) is 11.4 Å². The smallest absolute Gasteiger partial charge is 0.312 e. The average Bonchev–Trinajstić information content (AvgIpc) is 3.16. The van der Waals surface area contributed by atoms with Crippen molar-refractivity contribution in [3.8, 4) is 0 Å². The molecule has 2 aromatic heterocycles. The van der Waals surface area contributed by atoms with Crippen molar-refractivity contribution >= 4 is 38.7 Å². The monoisotopic (exact) mass is 493 g/mol. The van der Waals surface area contributed by atoms with E-state index in [2.05, 4.69) is 52.9 Å². The zero-order valence-corrected chi connectivity index (χ0v) is 19.9. The van der Waals surface area contributed by atoms with Crippen molar-refractivity contribution in [3.63, 3.8) is 0 Å². The van der Waals surface area contributed by atoms with Gasteiger partial charge in [-0.1, -0.05) is 34.1 Å². The maximum atomic E-state index is 13.5. The van der Waals surface area contributed by atoms with Crippen LogP contribution >= 0.6 is 15.9 Å². The minimum atomic E-state index is -0.362. The first kappa shape index (κ1) is 20.8. The molecule has 0 bridgehead atoms. The molecule has 8 heteroatoms. The van der Waals surface area contributed by atoms with Crippen LogP contribution in [-0.2, 0) is 20.1 Å². The molecular weight excluding hydrogens is 470 g/mol. The number of rotatable bonds is 3. The summed E-state index contributed by atoms with van der Waals surface area (Å²) in [5, 5.41) is 0. The number of anilines is 2. The number of aromatic nitrogens is 4. The van der Waals surface area contributed by atoms with Crippen molar-refractivity contribution in [1.29, 1.82) is 0 Å². The Morgan fingerprint density at radius 1 is 1.00 bits per heavy atom. The SMILES string of the molecule is Cc1cc(C)cc(N2CCCn3c2nc2c3c(=O)n(Cc3ccc(Br)cc3)c(=O)n2C)c1. The van der Waals surface area contributed by atoms with Gasteiger partial charge in [0.2, 0.25) is 5.95 Å². The molecule has 0 amide bonds. The third kappa shape index (κ3) is 3.39. The highest BCUT2D eigenvalue weighted by atomic mass is 79.9. The van der Waals surface area contributed by atoms with Crippen LogP contribution in [0.5, 0.6) is 0 Å². The molecule has 1 aliphatic rings. The summed E-state index contributed by atoms with van der Waals surface area (Å²) in [5.74, 6) is 0.713. The Bertz CT molecular complexity index is 1440. The number of fused-ring (bicyclic) bond motifs is 3. The van der Waals surface area contributed by atoms with Crippen LogP contribution in [-0.4, -0.2) is 25.2 Å². The molecule has 164 valence electrons. The summed E-state index contributed by atoms with van der Waals surface area (Å²) in [6.45, 7) is 5.88. The van der Waals surface area contributed by atoms with Crippen LogP contribution in [0.3, 0.4) is 0 Å². The standard InChI is InChI=1S/C24H24BrN5O2/c1-15-11-16(2)13-19(12-15)28-9-4-10-29-20-21(26-23(28)29)27(3)24(32)30(22(20)31)14-17-5-7-18(25)8-6-17/h5-8,11-13H,4,9-10,14H2,1-3H3. The summed E-state index contributed by atoms with van der Waals surface area (Å²) >= 11 is 3.42. The van der Waals surface area contributed by atoms with Crippen molar-refractivity contribution in [2.24, 2.45) is 7.05 Å². The van der Waals surface area contributed by atoms with E-state index in [0.29, 0.717) is 23.7 Å². The quantitative estimate of drug-likeness (QED) is 0.434.